The predicted molar refractivity (Wildman–Crippen MR) is 89.4 cm³/mol. The second-order valence-electron chi connectivity index (χ2n) is 4.59. The zero-order valence-corrected chi connectivity index (χ0v) is 13.9. The van der Waals surface area contributed by atoms with Crippen molar-refractivity contribution in [2.24, 2.45) is 0 Å². The van der Waals surface area contributed by atoms with Crippen molar-refractivity contribution in [3.63, 3.8) is 0 Å². The third-order valence-corrected chi connectivity index (χ3v) is 4.52. The van der Waals surface area contributed by atoms with Crippen LogP contribution in [-0.2, 0) is 0 Å². The number of rotatable bonds is 3. The molecular formula is C16H9BrFNO3S. The molecular weight excluding hydrogens is 385 g/mol. The van der Waals surface area contributed by atoms with Gasteiger partial charge in [-0.2, -0.15) is 0 Å². The molecule has 0 aliphatic rings. The van der Waals surface area contributed by atoms with E-state index in [2.05, 4.69) is 20.9 Å². The Bertz CT molecular complexity index is 1030. The van der Waals surface area contributed by atoms with Gasteiger partial charge in [-0.25, -0.2) is 4.39 Å². The van der Waals surface area contributed by atoms with Gasteiger partial charge in [-0.1, -0.05) is 6.07 Å². The lowest BCUT2D eigenvalue weighted by molar-refractivity contribution is 0.103. The predicted octanol–water partition coefficient (Wildman–Crippen LogP) is 2.42. The van der Waals surface area contributed by atoms with Crippen molar-refractivity contribution in [1.29, 1.82) is 0 Å². The molecule has 0 amide bonds. The molecule has 0 bridgehead atoms. The highest BCUT2D eigenvalue weighted by Crippen LogP contribution is 2.16. The van der Waals surface area contributed by atoms with Crippen molar-refractivity contribution in [1.82, 2.24) is 4.98 Å². The van der Waals surface area contributed by atoms with Crippen LogP contribution in [0.4, 0.5) is 4.39 Å². The molecule has 23 heavy (non-hydrogen) atoms. The molecule has 7 heteroatoms. The van der Waals surface area contributed by atoms with Gasteiger partial charge in [0.1, 0.15) is 5.82 Å². The minimum Gasteiger partial charge on any atom is -0.461 e. The topological polar surface area (TPSA) is 63.1 Å². The smallest absolute Gasteiger partial charge is 0.266 e. The van der Waals surface area contributed by atoms with Crippen molar-refractivity contribution in [3.05, 3.63) is 77.8 Å². The summed E-state index contributed by atoms with van der Waals surface area (Å²) in [6.45, 7) is 0. The summed E-state index contributed by atoms with van der Waals surface area (Å²) in [6, 6.07) is 7.62. The van der Waals surface area contributed by atoms with Crippen molar-refractivity contribution >= 4 is 45.2 Å². The molecule has 0 atom stereocenters. The number of ketones is 1. The first-order chi connectivity index (χ1) is 11.0. The summed E-state index contributed by atoms with van der Waals surface area (Å²) in [5.41, 5.74) is 0.364. The average molecular weight is 394 g/mol. The van der Waals surface area contributed by atoms with Crippen LogP contribution in [0.25, 0.3) is 12.2 Å². The normalized spacial score (nSPS) is 12.8. The largest absolute Gasteiger partial charge is 0.461 e. The van der Waals surface area contributed by atoms with Crippen molar-refractivity contribution < 1.29 is 13.6 Å². The van der Waals surface area contributed by atoms with Gasteiger partial charge in [0.25, 0.3) is 5.56 Å². The lowest BCUT2D eigenvalue weighted by atomic mass is 10.2. The van der Waals surface area contributed by atoms with E-state index in [0.717, 1.165) is 11.3 Å². The highest BCUT2D eigenvalue weighted by molar-refractivity contribution is 9.10. The number of H-pyrrole nitrogens is 1. The van der Waals surface area contributed by atoms with Crippen LogP contribution in [0.3, 0.4) is 0 Å². The van der Waals surface area contributed by atoms with Gasteiger partial charge in [0, 0.05) is 6.08 Å². The fourth-order valence-corrected chi connectivity index (χ4v) is 3.17. The first kappa shape index (κ1) is 15.6. The monoisotopic (exact) mass is 393 g/mol. The second-order valence-corrected chi connectivity index (χ2v) is 6.53. The van der Waals surface area contributed by atoms with Crippen LogP contribution < -0.4 is 14.8 Å². The molecule has 0 unspecified atom stereocenters. The first-order valence-electron chi connectivity index (χ1n) is 6.48. The third-order valence-electron chi connectivity index (χ3n) is 2.95. The molecule has 0 fully saturated rings. The fraction of sp³-hybridized carbons (Fsp3) is 0. The van der Waals surface area contributed by atoms with Gasteiger partial charge in [0.2, 0.25) is 5.78 Å². The first-order valence-corrected chi connectivity index (χ1v) is 8.09. The Labute approximate surface area is 141 Å². The highest BCUT2D eigenvalue weighted by atomic mass is 79.9. The average Bonchev–Trinajstić information content (AvgIpc) is 3.14. The molecule has 4 nitrogen and oxygen atoms in total. The number of hydrogen-bond acceptors (Lipinski definition) is 4. The molecule has 0 spiro atoms. The number of nitrogens with one attached hydrogen (secondary N) is 1. The Balaban J connectivity index is 2.01. The van der Waals surface area contributed by atoms with E-state index < -0.39 is 0 Å². The standard InChI is InChI=1S/C16H9BrFNO3S/c17-10-6-9(3-4-11(10)18)7-14-16(21)19-15(23-14)8-12(20)13-2-1-5-22-13/h1-8H,(H,19,21)/b14-7+,15-8-. The van der Waals surface area contributed by atoms with Crippen LogP contribution >= 0.6 is 27.3 Å². The Kier molecular flexibility index (Phi) is 4.40. The van der Waals surface area contributed by atoms with Gasteiger partial charge in [-0.15, -0.1) is 11.3 Å². The van der Waals surface area contributed by atoms with Crippen molar-refractivity contribution in [2.45, 2.75) is 0 Å². The van der Waals surface area contributed by atoms with Crippen LogP contribution in [0, 0.1) is 5.82 Å². The number of aromatic amines is 1. The molecule has 0 saturated heterocycles. The van der Waals surface area contributed by atoms with Gasteiger partial charge in [0.05, 0.1) is 19.9 Å². The van der Waals surface area contributed by atoms with Crippen LogP contribution in [-0.4, -0.2) is 10.8 Å². The molecule has 0 aliphatic heterocycles. The minimum atomic E-state index is -0.375. The summed E-state index contributed by atoms with van der Waals surface area (Å²) in [5, 5.41) is 0. The van der Waals surface area contributed by atoms with Crippen LogP contribution in [0.5, 0.6) is 0 Å². The number of hydrogen-bond donors (Lipinski definition) is 1. The zero-order chi connectivity index (χ0) is 16.4. The number of Topliss-reactive ketones (excluding diaryl/α,β-unsaturated/α-hetero) is 1. The van der Waals surface area contributed by atoms with Crippen molar-refractivity contribution in [2.75, 3.05) is 0 Å². The van der Waals surface area contributed by atoms with E-state index in [1.165, 1.54) is 18.4 Å². The molecule has 2 aromatic heterocycles. The van der Waals surface area contributed by atoms with Gasteiger partial charge in [-0.3, -0.25) is 9.59 Å². The highest BCUT2D eigenvalue weighted by Gasteiger charge is 2.05. The third kappa shape index (κ3) is 3.57. The Morgan fingerprint density at radius 2 is 2.17 bits per heavy atom. The van der Waals surface area contributed by atoms with E-state index in [-0.39, 0.29) is 22.9 Å². The Morgan fingerprint density at radius 3 is 2.87 bits per heavy atom. The summed E-state index contributed by atoms with van der Waals surface area (Å²) in [7, 11) is 0. The van der Waals surface area contributed by atoms with Gasteiger partial charge >= 0.3 is 0 Å². The van der Waals surface area contributed by atoms with E-state index >= 15 is 0 Å². The maximum absolute atomic E-state index is 13.2. The summed E-state index contributed by atoms with van der Waals surface area (Å²) in [6.07, 6.45) is 4.34. The fourth-order valence-electron chi connectivity index (χ4n) is 1.89. The summed E-state index contributed by atoms with van der Waals surface area (Å²) < 4.78 is 19.4. The Hall–Kier alpha value is -2.25. The molecule has 3 rings (SSSR count). The van der Waals surface area contributed by atoms with Crippen molar-refractivity contribution in [3.8, 4) is 0 Å². The number of halogens is 2. The molecule has 116 valence electrons. The van der Waals surface area contributed by atoms with Crippen LogP contribution in [0.15, 0.2) is 50.3 Å². The second kappa shape index (κ2) is 6.47. The molecule has 3 aromatic rings. The number of aromatic nitrogens is 1. The SMILES string of the molecule is O=C(/C=c1/[nH]c(=O)/c(=C\c2ccc(F)c(Br)c2)s1)c1ccco1. The number of carbonyl (C=O) groups is 1. The summed E-state index contributed by atoms with van der Waals surface area (Å²) in [4.78, 5) is 26.5. The number of furan rings is 1. The zero-order valence-electron chi connectivity index (χ0n) is 11.5. The quantitative estimate of drug-likeness (QED) is 0.695. The summed E-state index contributed by atoms with van der Waals surface area (Å²) in [5.74, 6) is -0.504. The molecule has 1 N–H and O–H groups in total. The van der Waals surface area contributed by atoms with Gasteiger partial charge in [0.15, 0.2) is 5.76 Å². The van der Waals surface area contributed by atoms with Crippen LogP contribution in [0.1, 0.15) is 16.1 Å². The maximum atomic E-state index is 13.2. The number of thiazole rings is 1. The lowest BCUT2D eigenvalue weighted by Crippen LogP contribution is -2.20. The molecule has 2 heterocycles. The van der Waals surface area contributed by atoms with E-state index in [1.807, 2.05) is 0 Å². The number of carbonyl (C=O) groups excluding carboxylic acids is 1. The molecule has 1 aromatic carbocycles. The molecule has 0 radical (unpaired) electrons. The van der Waals surface area contributed by atoms with Crippen LogP contribution in [0.2, 0.25) is 0 Å². The van der Waals surface area contributed by atoms with E-state index in [4.69, 9.17) is 4.42 Å². The Morgan fingerprint density at radius 1 is 1.35 bits per heavy atom. The summed E-state index contributed by atoms with van der Waals surface area (Å²) >= 11 is 4.24. The van der Waals surface area contributed by atoms with E-state index in [0.29, 0.717) is 19.2 Å². The van der Waals surface area contributed by atoms with E-state index in [1.54, 1.807) is 30.3 Å². The molecule has 0 saturated carbocycles. The van der Waals surface area contributed by atoms with Gasteiger partial charge in [-0.05, 0) is 51.8 Å². The molecule has 0 aliphatic carbocycles. The number of benzene rings is 1. The van der Waals surface area contributed by atoms with E-state index in [9.17, 15) is 14.0 Å². The lowest BCUT2D eigenvalue weighted by Gasteiger charge is -1.95. The minimum absolute atomic E-state index is 0.201. The van der Waals surface area contributed by atoms with Gasteiger partial charge < -0.3 is 9.40 Å². The maximum Gasteiger partial charge on any atom is 0.266 e.